The van der Waals surface area contributed by atoms with Gasteiger partial charge in [-0.25, -0.2) is 0 Å². The van der Waals surface area contributed by atoms with Gasteiger partial charge >= 0.3 is 25.4 Å². The highest BCUT2D eigenvalue weighted by Crippen LogP contribution is 2.53. The van der Waals surface area contributed by atoms with Crippen LogP contribution in [-0.2, 0) is 0 Å². The molecule has 1 aromatic rings. The molecule has 1 atom stereocenters. The summed E-state index contributed by atoms with van der Waals surface area (Å²) < 4.78 is 167. The van der Waals surface area contributed by atoms with Crippen molar-refractivity contribution in [2.45, 2.75) is 45.3 Å². The maximum Gasteiger partial charge on any atom is 0.573 e. The molecule has 5 nitrogen and oxygen atoms in total. The molecule has 186 valence electrons. The van der Waals surface area contributed by atoms with Crippen LogP contribution in [0.1, 0.15) is 25.5 Å². The summed E-state index contributed by atoms with van der Waals surface area (Å²) in [6, 6.07) is -2.28. The van der Waals surface area contributed by atoms with Gasteiger partial charge in [-0.3, -0.25) is 0 Å². The van der Waals surface area contributed by atoms with Crippen LogP contribution in [0.15, 0.2) is 6.07 Å². The Kier molecular flexibility index (Phi) is 7.92. The molecule has 0 fully saturated rings. The molecule has 1 rings (SSSR count). The van der Waals surface area contributed by atoms with Gasteiger partial charge in [0, 0.05) is 12.1 Å². The molecule has 0 aromatic heterocycles. The number of ether oxygens (including phenoxy) is 4. The predicted octanol–water partition coefficient (Wildman–Crippen LogP) is 6.20. The summed E-state index contributed by atoms with van der Waals surface area (Å²) in [4.78, 5) is 0. The minimum absolute atomic E-state index is 0.514. The van der Waals surface area contributed by atoms with Gasteiger partial charge in [-0.1, -0.05) is 13.8 Å². The van der Waals surface area contributed by atoms with Gasteiger partial charge in [0.05, 0.1) is 5.56 Å². The van der Waals surface area contributed by atoms with Crippen molar-refractivity contribution < 1.29 is 71.6 Å². The molecule has 0 spiro atoms. The van der Waals surface area contributed by atoms with E-state index in [0.29, 0.717) is 0 Å². The van der Waals surface area contributed by atoms with Crippen LogP contribution in [0, 0.1) is 5.92 Å². The van der Waals surface area contributed by atoms with Crippen LogP contribution in [0.25, 0.3) is 0 Å². The van der Waals surface area contributed by atoms with Crippen molar-refractivity contribution in [2.75, 3.05) is 7.05 Å². The summed E-state index contributed by atoms with van der Waals surface area (Å²) >= 11 is 0. The molecule has 0 saturated heterocycles. The fraction of sp³-hybridized carbons (Fsp3) is 0.600. The van der Waals surface area contributed by atoms with E-state index in [1.807, 2.05) is 0 Å². The van der Waals surface area contributed by atoms with Crippen molar-refractivity contribution in [2.24, 2.45) is 5.92 Å². The number of hydrogen-bond donors (Lipinski definition) is 1. The van der Waals surface area contributed by atoms with Crippen molar-refractivity contribution in [3.05, 3.63) is 11.6 Å². The van der Waals surface area contributed by atoms with Gasteiger partial charge in [-0.2, -0.15) is 0 Å². The molecule has 0 amide bonds. The number of nitrogens with one attached hydrogen (secondary N) is 1. The summed E-state index contributed by atoms with van der Waals surface area (Å²) in [6.07, 6.45) is -23.2. The molecule has 17 heteroatoms. The highest BCUT2D eigenvalue weighted by Gasteiger charge is 2.45. The van der Waals surface area contributed by atoms with E-state index in [1.165, 1.54) is 13.8 Å². The lowest BCUT2D eigenvalue weighted by atomic mass is 9.93. The fourth-order valence-corrected chi connectivity index (χ4v) is 2.56. The summed E-state index contributed by atoms with van der Waals surface area (Å²) in [5.74, 6) is -9.17. The highest BCUT2D eigenvalue weighted by atomic mass is 19.4. The Morgan fingerprint density at radius 2 is 0.938 bits per heavy atom. The van der Waals surface area contributed by atoms with Crippen LogP contribution in [-0.4, -0.2) is 32.5 Å². The first-order chi connectivity index (χ1) is 14.1. The highest BCUT2D eigenvalue weighted by molar-refractivity contribution is 5.63. The van der Waals surface area contributed by atoms with Gasteiger partial charge in [0.25, 0.3) is 0 Å². The number of hydrogen-bond acceptors (Lipinski definition) is 5. The molecule has 0 bridgehead atoms. The van der Waals surface area contributed by atoms with Gasteiger partial charge in [-0.05, 0) is 13.0 Å². The van der Waals surface area contributed by atoms with Crippen LogP contribution in [0.5, 0.6) is 23.0 Å². The number of benzene rings is 1. The standard InChI is InChI=1S/C15H13F12NO4/c1-5(2)9(28-3)8-10(31-14(22,23)24)6(29-12(16,17)18)4-7(30-13(19,20)21)11(8)32-15(25,26)27/h4-5,9,28H,1-3H3. The Hall–Kier alpha value is -2.46. The Labute approximate surface area is 171 Å². The minimum atomic E-state index is -5.80. The zero-order valence-corrected chi connectivity index (χ0v) is 15.9. The average Bonchev–Trinajstić information content (AvgIpc) is 2.48. The maximum absolute atomic E-state index is 12.9. The van der Waals surface area contributed by atoms with Gasteiger partial charge in [0.15, 0.2) is 23.0 Å². The predicted molar refractivity (Wildman–Crippen MR) is 79.8 cm³/mol. The molecular formula is C15H13F12NO4. The molecule has 0 aliphatic heterocycles. The molecule has 1 unspecified atom stereocenters. The minimum Gasteiger partial charge on any atom is -0.402 e. The van der Waals surface area contributed by atoms with Crippen LogP contribution < -0.4 is 24.3 Å². The van der Waals surface area contributed by atoms with Crippen molar-refractivity contribution in [1.82, 2.24) is 5.32 Å². The zero-order chi connectivity index (χ0) is 25.3. The first-order valence-corrected chi connectivity index (χ1v) is 8.04. The second kappa shape index (κ2) is 9.19. The van der Waals surface area contributed by atoms with Gasteiger partial charge in [-0.15, -0.1) is 52.7 Å². The third kappa shape index (κ3) is 8.58. The van der Waals surface area contributed by atoms with Gasteiger partial charge in [0.2, 0.25) is 0 Å². The number of alkyl halides is 12. The summed E-state index contributed by atoms with van der Waals surface area (Å²) in [5.41, 5.74) is -1.52. The molecule has 1 N–H and O–H groups in total. The van der Waals surface area contributed by atoms with E-state index in [0.717, 1.165) is 7.05 Å². The molecule has 0 saturated carbocycles. The molecule has 32 heavy (non-hydrogen) atoms. The Balaban J connectivity index is 4.13. The quantitative estimate of drug-likeness (QED) is 0.453. The first kappa shape index (κ1) is 27.6. The first-order valence-electron chi connectivity index (χ1n) is 8.04. The van der Waals surface area contributed by atoms with E-state index in [1.54, 1.807) is 0 Å². The number of rotatable bonds is 7. The SMILES string of the molecule is CNC(c1c(OC(F)(F)F)c(OC(F)(F)F)cc(OC(F)(F)F)c1OC(F)(F)F)C(C)C. The molecule has 1 aromatic carbocycles. The van der Waals surface area contributed by atoms with Crippen LogP contribution >= 0.6 is 0 Å². The topological polar surface area (TPSA) is 49.0 Å². The van der Waals surface area contributed by atoms with Crippen LogP contribution in [0.4, 0.5) is 52.7 Å². The van der Waals surface area contributed by atoms with E-state index < -0.39 is 72.0 Å². The van der Waals surface area contributed by atoms with E-state index >= 15 is 0 Å². The van der Waals surface area contributed by atoms with Crippen LogP contribution in [0.3, 0.4) is 0 Å². The summed E-state index contributed by atoms with van der Waals surface area (Å²) in [5, 5.41) is 2.18. The monoisotopic (exact) mass is 499 g/mol. The second-order valence-electron chi connectivity index (χ2n) is 6.15. The lowest BCUT2D eigenvalue weighted by Crippen LogP contribution is -2.29. The van der Waals surface area contributed by atoms with Crippen LogP contribution in [0.2, 0.25) is 0 Å². The third-order valence-electron chi connectivity index (χ3n) is 3.37. The average molecular weight is 499 g/mol. The van der Waals surface area contributed by atoms with Crippen molar-refractivity contribution in [1.29, 1.82) is 0 Å². The lowest BCUT2D eigenvalue weighted by Gasteiger charge is -2.29. The van der Waals surface area contributed by atoms with E-state index in [9.17, 15) is 52.7 Å². The molecular weight excluding hydrogens is 486 g/mol. The lowest BCUT2D eigenvalue weighted by molar-refractivity contribution is -0.291. The van der Waals surface area contributed by atoms with Crippen molar-refractivity contribution >= 4 is 0 Å². The molecule has 0 heterocycles. The number of halogens is 12. The Bertz CT molecular complexity index is 729. The normalized spacial score (nSPS) is 14.4. The van der Waals surface area contributed by atoms with Crippen molar-refractivity contribution in [3.63, 3.8) is 0 Å². The molecule has 0 aliphatic carbocycles. The Morgan fingerprint density at radius 3 is 1.16 bits per heavy atom. The second-order valence-corrected chi connectivity index (χ2v) is 6.15. The third-order valence-corrected chi connectivity index (χ3v) is 3.37. The largest absolute Gasteiger partial charge is 0.573 e. The smallest absolute Gasteiger partial charge is 0.402 e. The molecule has 0 radical (unpaired) electrons. The Morgan fingerprint density at radius 1 is 0.625 bits per heavy atom. The maximum atomic E-state index is 12.9. The van der Waals surface area contributed by atoms with Crippen molar-refractivity contribution in [3.8, 4) is 23.0 Å². The summed E-state index contributed by atoms with van der Waals surface area (Å²) in [6.45, 7) is 2.36. The summed E-state index contributed by atoms with van der Waals surface area (Å²) in [7, 11) is 0.959. The molecule has 0 aliphatic rings. The zero-order valence-electron chi connectivity index (χ0n) is 15.9. The van der Waals surface area contributed by atoms with E-state index in [2.05, 4.69) is 24.3 Å². The van der Waals surface area contributed by atoms with E-state index in [-0.39, 0.29) is 0 Å². The van der Waals surface area contributed by atoms with Gasteiger partial charge < -0.3 is 24.3 Å². The van der Waals surface area contributed by atoms with Gasteiger partial charge in [0.1, 0.15) is 0 Å². The fourth-order valence-electron chi connectivity index (χ4n) is 2.56. The van der Waals surface area contributed by atoms with E-state index in [4.69, 9.17) is 0 Å².